The summed E-state index contributed by atoms with van der Waals surface area (Å²) in [5.41, 5.74) is 0. The van der Waals surface area contributed by atoms with Crippen LogP contribution in [0.4, 0.5) is 0 Å². The van der Waals surface area contributed by atoms with Crippen molar-refractivity contribution in [1.82, 2.24) is 0 Å². The molecule has 0 bridgehead atoms. The van der Waals surface area contributed by atoms with E-state index in [4.69, 9.17) is 9.47 Å². The van der Waals surface area contributed by atoms with Crippen molar-refractivity contribution in [1.29, 1.82) is 0 Å². The topological polar surface area (TPSA) is 35.5 Å². The standard InChI is InChI=1S/C11H20O3/c1-8(2)7-14-10-5-4-9(12)6-11(10)13-3/h8,10-11H,4-7H2,1-3H3. The lowest BCUT2D eigenvalue weighted by Gasteiger charge is -2.30. The lowest BCUT2D eigenvalue weighted by Crippen LogP contribution is -2.38. The van der Waals surface area contributed by atoms with Gasteiger partial charge in [-0.25, -0.2) is 0 Å². The second kappa shape index (κ2) is 5.47. The fourth-order valence-corrected chi connectivity index (χ4v) is 1.69. The normalized spacial score (nSPS) is 28.4. The van der Waals surface area contributed by atoms with E-state index in [0.717, 1.165) is 13.0 Å². The van der Waals surface area contributed by atoms with Crippen molar-refractivity contribution >= 4 is 5.78 Å². The molecule has 82 valence electrons. The van der Waals surface area contributed by atoms with Crippen molar-refractivity contribution in [2.75, 3.05) is 13.7 Å². The Labute approximate surface area is 85.8 Å². The van der Waals surface area contributed by atoms with Gasteiger partial charge in [0.05, 0.1) is 12.2 Å². The highest BCUT2D eigenvalue weighted by Gasteiger charge is 2.29. The third-order valence-corrected chi connectivity index (χ3v) is 2.50. The summed E-state index contributed by atoms with van der Waals surface area (Å²) in [6.45, 7) is 4.99. The lowest BCUT2D eigenvalue weighted by atomic mass is 9.93. The molecule has 0 aromatic carbocycles. The molecule has 3 heteroatoms. The van der Waals surface area contributed by atoms with Gasteiger partial charge >= 0.3 is 0 Å². The minimum absolute atomic E-state index is 0.0324. The minimum Gasteiger partial charge on any atom is -0.378 e. The Kier molecular flexibility index (Phi) is 4.55. The molecular weight excluding hydrogens is 180 g/mol. The fourth-order valence-electron chi connectivity index (χ4n) is 1.69. The van der Waals surface area contributed by atoms with Gasteiger partial charge in [0.15, 0.2) is 0 Å². The smallest absolute Gasteiger partial charge is 0.135 e. The van der Waals surface area contributed by atoms with Crippen LogP contribution in [0.15, 0.2) is 0 Å². The molecule has 0 heterocycles. The number of ketones is 1. The predicted molar refractivity (Wildman–Crippen MR) is 54.2 cm³/mol. The molecule has 1 aliphatic rings. The van der Waals surface area contributed by atoms with E-state index in [0.29, 0.717) is 24.5 Å². The van der Waals surface area contributed by atoms with E-state index in [1.165, 1.54) is 0 Å². The predicted octanol–water partition coefficient (Wildman–Crippen LogP) is 1.80. The van der Waals surface area contributed by atoms with Crippen molar-refractivity contribution in [3.8, 4) is 0 Å². The maximum atomic E-state index is 11.2. The van der Waals surface area contributed by atoms with Crippen LogP contribution in [-0.4, -0.2) is 31.7 Å². The molecule has 0 saturated heterocycles. The van der Waals surface area contributed by atoms with Crippen LogP contribution >= 0.6 is 0 Å². The molecule has 0 N–H and O–H groups in total. The molecule has 0 aliphatic heterocycles. The lowest BCUT2D eigenvalue weighted by molar-refractivity contribution is -0.134. The van der Waals surface area contributed by atoms with Gasteiger partial charge in [-0.15, -0.1) is 0 Å². The highest BCUT2D eigenvalue weighted by molar-refractivity contribution is 5.79. The zero-order chi connectivity index (χ0) is 10.6. The molecule has 2 unspecified atom stereocenters. The number of ether oxygens (including phenoxy) is 2. The van der Waals surface area contributed by atoms with Crippen LogP contribution < -0.4 is 0 Å². The molecule has 0 amide bonds. The summed E-state index contributed by atoms with van der Waals surface area (Å²) < 4.78 is 11.0. The summed E-state index contributed by atoms with van der Waals surface area (Å²) in [5, 5.41) is 0. The van der Waals surface area contributed by atoms with E-state index >= 15 is 0 Å². The SMILES string of the molecule is COC1CC(=O)CCC1OCC(C)C. The van der Waals surface area contributed by atoms with Gasteiger partial charge in [-0.1, -0.05) is 13.8 Å². The Morgan fingerprint density at radius 1 is 1.43 bits per heavy atom. The maximum absolute atomic E-state index is 11.2. The first-order valence-corrected chi connectivity index (χ1v) is 5.29. The molecule has 2 atom stereocenters. The van der Waals surface area contributed by atoms with Gasteiger partial charge < -0.3 is 9.47 Å². The quantitative estimate of drug-likeness (QED) is 0.694. The second-order valence-corrected chi connectivity index (χ2v) is 4.32. The summed E-state index contributed by atoms with van der Waals surface area (Å²) >= 11 is 0. The third-order valence-electron chi connectivity index (χ3n) is 2.50. The van der Waals surface area contributed by atoms with Gasteiger partial charge in [0, 0.05) is 26.6 Å². The number of Topliss-reactive ketones (excluding diaryl/α,β-unsaturated/α-hetero) is 1. The first-order valence-electron chi connectivity index (χ1n) is 5.29. The zero-order valence-electron chi connectivity index (χ0n) is 9.29. The van der Waals surface area contributed by atoms with Crippen LogP contribution in [0.3, 0.4) is 0 Å². The van der Waals surface area contributed by atoms with E-state index in [-0.39, 0.29) is 12.2 Å². The monoisotopic (exact) mass is 200 g/mol. The Balaban J connectivity index is 2.38. The summed E-state index contributed by atoms with van der Waals surface area (Å²) in [6, 6.07) is 0. The average Bonchev–Trinajstić information content (AvgIpc) is 2.15. The highest BCUT2D eigenvalue weighted by atomic mass is 16.5. The summed E-state index contributed by atoms with van der Waals surface area (Å²) in [5.74, 6) is 0.825. The van der Waals surface area contributed by atoms with E-state index < -0.39 is 0 Å². The zero-order valence-corrected chi connectivity index (χ0v) is 9.29. The van der Waals surface area contributed by atoms with E-state index in [1.807, 2.05) is 0 Å². The molecule has 0 aromatic heterocycles. The van der Waals surface area contributed by atoms with Gasteiger partial charge in [-0.05, 0) is 12.3 Å². The van der Waals surface area contributed by atoms with Gasteiger partial charge in [-0.3, -0.25) is 4.79 Å². The fraction of sp³-hybridized carbons (Fsp3) is 0.909. The number of carbonyl (C=O) groups excluding carboxylic acids is 1. The van der Waals surface area contributed by atoms with Crippen molar-refractivity contribution in [3.63, 3.8) is 0 Å². The number of hydrogen-bond donors (Lipinski definition) is 0. The Morgan fingerprint density at radius 2 is 2.14 bits per heavy atom. The minimum atomic E-state index is -0.0324. The summed E-state index contributed by atoms with van der Waals surface area (Å²) in [4.78, 5) is 11.2. The number of rotatable bonds is 4. The van der Waals surface area contributed by atoms with Crippen LogP contribution in [0.5, 0.6) is 0 Å². The van der Waals surface area contributed by atoms with E-state index in [2.05, 4.69) is 13.8 Å². The number of methoxy groups -OCH3 is 1. The third kappa shape index (κ3) is 3.39. The first-order chi connectivity index (χ1) is 6.63. The average molecular weight is 200 g/mol. The van der Waals surface area contributed by atoms with Crippen molar-refractivity contribution in [2.45, 2.75) is 45.3 Å². The Hall–Kier alpha value is -0.410. The molecule has 0 spiro atoms. The first kappa shape index (κ1) is 11.7. The van der Waals surface area contributed by atoms with Gasteiger partial charge in [0.25, 0.3) is 0 Å². The van der Waals surface area contributed by atoms with Crippen molar-refractivity contribution in [2.24, 2.45) is 5.92 Å². The van der Waals surface area contributed by atoms with Crippen LogP contribution in [-0.2, 0) is 14.3 Å². The molecule has 1 rings (SSSR count). The summed E-state index contributed by atoms with van der Waals surface area (Å²) in [6.07, 6.45) is 2.04. The molecule has 0 radical (unpaired) electrons. The molecular formula is C11H20O3. The largest absolute Gasteiger partial charge is 0.378 e. The molecule has 1 aliphatic carbocycles. The van der Waals surface area contributed by atoms with Crippen LogP contribution in [0.1, 0.15) is 33.1 Å². The summed E-state index contributed by atoms with van der Waals surface area (Å²) in [7, 11) is 1.65. The Bertz CT molecular complexity index is 189. The molecule has 1 fully saturated rings. The highest BCUT2D eigenvalue weighted by Crippen LogP contribution is 2.21. The van der Waals surface area contributed by atoms with Crippen LogP contribution in [0.2, 0.25) is 0 Å². The van der Waals surface area contributed by atoms with Gasteiger partial charge in [0.1, 0.15) is 5.78 Å². The van der Waals surface area contributed by atoms with E-state index in [1.54, 1.807) is 7.11 Å². The van der Waals surface area contributed by atoms with Gasteiger partial charge in [-0.2, -0.15) is 0 Å². The second-order valence-electron chi connectivity index (χ2n) is 4.32. The Morgan fingerprint density at radius 3 is 2.71 bits per heavy atom. The molecule has 14 heavy (non-hydrogen) atoms. The molecule has 3 nitrogen and oxygen atoms in total. The number of hydrogen-bond acceptors (Lipinski definition) is 3. The number of carbonyl (C=O) groups is 1. The molecule has 1 saturated carbocycles. The van der Waals surface area contributed by atoms with Crippen LogP contribution in [0.25, 0.3) is 0 Å². The maximum Gasteiger partial charge on any atom is 0.135 e. The van der Waals surface area contributed by atoms with Gasteiger partial charge in [0.2, 0.25) is 0 Å². The van der Waals surface area contributed by atoms with Crippen molar-refractivity contribution < 1.29 is 14.3 Å². The van der Waals surface area contributed by atoms with Crippen LogP contribution in [0, 0.1) is 5.92 Å². The van der Waals surface area contributed by atoms with E-state index in [9.17, 15) is 4.79 Å². The molecule has 0 aromatic rings. The van der Waals surface area contributed by atoms with Crippen molar-refractivity contribution in [3.05, 3.63) is 0 Å².